The van der Waals surface area contributed by atoms with Gasteiger partial charge in [-0.05, 0) is 25.8 Å². The van der Waals surface area contributed by atoms with Crippen molar-refractivity contribution in [1.29, 1.82) is 0 Å². The van der Waals surface area contributed by atoms with E-state index in [0.717, 1.165) is 30.8 Å². The molecule has 1 aromatic rings. The van der Waals surface area contributed by atoms with Gasteiger partial charge in [0.1, 0.15) is 12.6 Å². The number of nitrogens with zero attached hydrogens (tertiary/aromatic N) is 3. The Morgan fingerprint density at radius 2 is 2.10 bits per heavy atom. The highest BCUT2D eigenvalue weighted by Crippen LogP contribution is 2.14. The first kappa shape index (κ1) is 15.5. The summed E-state index contributed by atoms with van der Waals surface area (Å²) in [6.07, 6.45) is 2.43. The number of hydrogen-bond acceptors (Lipinski definition) is 3. The molecule has 0 bridgehead atoms. The van der Waals surface area contributed by atoms with Crippen LogP contribution in [0.2, 0.25) is 0 Å². The molecule has 1 aliphatic heterocycles. The quantitative estimate of drug-likeness (QED) is 0.853. The molecule has 1 unspecified atom stereocenters. The Hall–Kier alpha value is -1.85. The van der Waals surface area contributed by atoms with Gasteiger partial charge in [0, 0.05) is 6.54 Å². The summed E-state index contributed by atoms with van der Waals surface area (Å²) in [7, 11) is 0. The summed E-state index contributed by atoms with van der Waals surface area (Å²) in [5.41, 5.74) is 2.01. The number of nitrogens with one attached hydrogen (secondary N) is 1. The van der Waals surface area contributed by atoms with Crippen LogP contribution in [0.1, 0.15) is 45.0 Å². The smallest absolute Gasteiger partial charge is 0.245 e. The molecule has 6 nitrogen and oxygen atoms in total. The van der Waals surface area contributed by atoms with Crippen molar-refractivity contribution in [3.05, 3.63) is 17.5 Å². The van der Waals surface area contributed by atoms with Crippen LogP contribution in [0.3, 0.4) is 0 Å². The van der Waals surface area contributed by atoms with Gasteiger partial charge >= 0.3 is 0 Å². The Bertz CT molecular complexity index is 524. The maximum absolute atomic E-state index is 12.4. The monoisotopic (exact) mass is 292 g/mol. The number of amides is 2. The van der Waals surface area contributed by atoms with Crippen LogP contribution in [0.25, 0.3) is 0 Å². The molecule has 2 amide bonds. The van der Waals surface area contributed by atoms with Crippen LogP contribution in [-0.2, 0) is 29.1 Å². The molecule has 1 aromatic heterocycles. The van der Waals surface area contributed by atoms with Crippen molar-refractivity contribution in [2.45, 2.75) is 59.2 Å². The minimum Gasteiger partial charge on any atom is -0.343 e. The van der Waals surface area contributed by atoms with E-state index in [9.17, 15) is 9.59 Å². The first-order valence-corrected chi connectivity index (χ1v) is 7.72. The third-order valence-electron chi connectivity index (χ3n) is 3.79. The van der Waals surface area contributed by atoms with Gasteiger partial charge in [0.2, 0.25) is 11.8 Å². The zero-order chi connectivity index (χ0) is 15.4. The molecule has 1 aliphatic rings. The maximum atomic E-state index is 12.4. The van der Waals surface area contributed by atoms with Gasteiger partial charge in [-0.3, -0.25) is 14.3 Å². The molecule has 116 valence electrons. The van der Waals surface area contributed by atoms with Gasteiger partial charge in [-0.25, -0.2) is 0 Å². The third kappa shape index (κ3) is 3.43. The molecule has 21 heavy (non-hydrogen) atoms. The van der Waals surface area contributed by atoms with Gasteiger partial charge in [0.25, 0.3) is 0 Å². The van der Waals surface area contributed by atoms with E-state index in [4.69, 9.17) is 0 Å². The molecule has 2 heterocycles. The molecule has 1 saturated heterocycles. The Labute approximate surface area is 125 Å². The molecular weight excluding hydrogens is 268 g/mol. The Kier molecular flexibility index (Phi) is 4.98. The Morgan fingerprint density at radius 3 is 2.71 bits per heavy atom. The van der Waals surface area contributed by atoms with Crippen LogP contribution in [0, 0.1) is 0 Å². The van der Waals surface area contributed by atoms with Crippen LogP contribution in [0.4, 0.5) is 0 Å². The first-order valence-electron chi connectivity index (χ1n) is 7.72. The van der Waals surface area contributed by atoms with Gasteiger partial charge in [-0.1, -0.05) is 20.3 Å². The number of aromatic nitrogens is 2. The van der Waals surface area contributed by atoms with E-state index >= 15 is 0 Å². The molecule has 2 rings (SSSR count). The van der Waals surface area contributed by atoms with E-state index in [1.54, 1.807) is 4.90 Å². The van der Waals surface area contributed by atoms with Crippen molar-refractivity contribution in [3.63, 3.8) is 0 Å². The summed E-state index contributed by atoms with van der Waals surface area (Å²) in [6, 6.07) is 1.65. The average molecular weight is 292 g/mol. The van der Waals surface area contributed by atoms with Gasteiger partial charge in [-0.2, -0.15) is 5.10 Å². The average Bonchev–Trinajstić information content (AvgIpc) is 2.86. The summed E-state index contributed by atoms with van der Waals surface area (Å²) >= 11 is 0. The van der Waals surface area contributed by atoms with Crippen molar-refractivity contribution >= 4 is 11.8 Å². The SMILES string of the molecule is CCCC1NC(=O)CN(Cc2cc(CC)nn2CC)C1=O. The molecule has 1 fully saturated rings. The van der Waals surface area contributed by atoms with Crippen molar-refractivity contribution < 1.29 is 9.59 Å². The predicted molar refractivity (Wildman–Crippen MR) is 79.5 cm³/mol. The summed E-state index contributed by atoms with van der Waals surface area (Å²) < 4.78 is 1.91. The van der Waals surface area contributed by atoms with Crippen molar-refractivity contribution in [1.82, 2.24) is 20.0 Å². The lowest BCUT2D eigenvalue weighted by Gasteiger charge is -2.32. The number of carbonyl (C=O) groups excluding carboxylic acids is 2. The highest BCUT2D eigenvalue weighted by Gasteiger charge is 2.32. The standard InChI is InChI=1S/C15H24N4O2/c1-4-7-13-15(21)18(10-14(20)16-13)9-12-8-11(5-2)17-19(12)6-3/h8,13H,4-7,9-10H2,1-3H3,(H,16,20). The molecule has 0 saturated carbocycles. The lowest BCUT2D eigenvalue weighted by molar-refractivity contribution is -0.145. The Balaban J connectivity index is 2.15. The van der Waals surface area contributed by atoms with E-state index in [1.807, 2.05) is 24.6 Å². The van der Waals surface area contributed by atoms with Gasteiger partial charge in [0.05, 0.1) is 17.9 Å². The summed E-state index contributed by atoms with van der Waals surface area (Å²) in [6.45, 7) is 7.45. The number of hydrogen-bond donors (Lipinski definition) is 1. The number of aryl methyl sites for hydroxylation is 2. The van der Waals surface area contributed by atoms with Crippen molar-refractivity contribution in [2.24, 2.45) is 0 Å². The second-order valence-electron chi connectivity index (χ2n) is 5.40. The lowest BCUT2D eigenvalue weighted by atomic mass is 10.1. The summed E-state index contributed by atoms with van der Waals surface area (Å²) in [4.78, 5) is 25.8. The van der Waals surface area contributed by atoms with E-state index in [2.05, 4.69) is 17.3 Å². The van der Waals surface area contributed by atoms with Crippen LogP contribution in [0.5, 0.6) is 0 Å². The number of piperazine rings is 1. The first-order chi connectivity index (χ1) is 10.1. The second-order valence-corrected chi connectivity index (χ2v) is 5.40. The third-order valence-corrected chi connectivity index (χ3v) is 3.79. The number of rotatable bonds is 6. The minimum atomic E-state index is -0.375. The highest BCUT2D eigenvalue weighted by molar-refractivity contribution is 5.94. The highest BCUT2D eigenvalue weighted by atomic mass is 16.2. The second kappa shape index (κ2) is 6.74. The number of carbonyl (C=O) groups is 2. The van der Waals surface area contributed by atoms with Crippen LogP contribution < -0.4 is 5.32 Å². The van der Waals surface area contributed by atoms with E-state index < -0.39 is 0 Å². The minimum absolute atomic E-state index is 0.0124. The molecule has 1 N–H and O–H groups in total. The summed E-state index contributed by atoms with van der Waals surface area (Å²) in [5.74, 6) is -0.0651. The molecule has 1 atom stereocenters. The Morgan fingerprint density at radius 1 is 1.33 bits per heavy atom. The zero-order valence-corrected chi connectivity index (χ0v) is 13.1. The van der Waals surface area contributed by atoms with Crippen LogP contribution in [0.15, 0.2) is 6.07 Å². The van der Waals surface area contributed by atoms with E-state index in [-0.39, 0.29) is 24.4 Å². The molecule has 0 aliphatic carbocycles. The molecule has 0 spiro atoms. The maximum Gasteiger partial charge on any atom is 0.245 e. The predicted octanol–water partition coefficient (Wildman–Crippen LogP) is 1.09. The normalized spacial score (nSPS) is 19.0. The van der Waals surface area contributed by atoms with Gasteiger partial charge in [-0.15, -0.1) is 0 Å². The van der Waals surface area contributed by atoms with Crippen molar-refractivity contribution in [2.75, 3.05) is 6.54 Å². The van der Waals surface area contributed by atoms with Gasteiger partial charge in [0.15, 0.2) is 0 Å². The lowest BCUT2D eigenvalue weighted by Crippen LogP contribution is -2.57. The molecule has 0 radical (unpaired) electrons. The fourth-order valence-electron chi connectivity index (χ4n) is 2.68. The zero-order valence-electron chi connectivity index (χ0n) is 13.1. The van der Waals surface area contributed by atoms with E-state index in [0.29, 0.717) is 13.0 Å². The molecule has 0 aromatic carbocycles. The molecule has 6 heteroatoms. The molecular formula is C15H24N4O2. The van der Waals surface area contributed by atoms with Crippen molar-refractivity contribution in [3.8, 4) is 0 Å². The fourth-order valence-corrected chi connectivity index (χ4v) is 2.68. The fraction of sp³-hybridized carbons (Fsp3) is 0.667. The van der Waals surface area contributed by atoms with E-state index in [1.165, 1.54) is 0 Å². The van der Waals surface area contributed by atoms with Gasteiger partial charge < -0.3 is 10.2 Å². The topological polar surface area (TPSA) is 67.2 Å². The van der Waals surface area contributed by atoms with Crippen LogP contribution >= 0.6 is 0 Å². The largest absolute Gasteiger partial charge is 0.343 e. The van der Waals surface area contributed by atoms with Crippen LogP contribution in [-0.4, -0.2) is 39.1 Å². The summed E-state index contributed by atoms with van der Waals surface area (Å²) in [5, 5.41) is 7.27.